The number of aromatic nitrogens is 4. The van der Waals surface area contributed by atoms with Gasteiger partial charge in [-0.3, -0.25) is 34.0 Å². The van der Waals surface area contributed by atoms with Crippen molar-refractivity contribution in [2.24, 2.45) is 5.92 Å². The minimum absolute atomic E-state index is 0.0166. The number of nitrogens with zero attached hydrogens (tertiary/aromatic N) is 5. The van der Waals surface area contributed by atoms with E-state index in [1.54, 1.807) is 28.1 Å². The molecule has 3 heterocycles. The number of nitriles is 1. The van der Waals surface area contributed by atoms with Crippen LogP contribution >= 0.6 is 7.87 Å². The van der Waals surface area contributed by atoms with Crippen molar-refractivity contribution >= 4 is 42.8 Å². The van der Waals surface area contributed by atoms with E-state index in [-0.39, 0.29) is 68.0 Å². The average molecular weight is 1060 g/mol. The molecule has 1 aliphatic rings. The van der Waals surface area contributed by atoms with E-state index in [1.807, 2.05) is 111 Å². The molecule has 3 aromatic carbocycles. The summed E-state index contributed by atoms with van der Waals surface area (Å²) >= 11 is 0. The number of methoxy groups -OCH3 is 2. The van der Waals surface area contributed by atoms with Crippen molar-refractivity contribution in [3.05, 3.63) is 112 Å². The number of nitrogens with one attached hydrogen (secondary N) is 2. The summed E-state index contributed by atoms with van der Waals surface area (Å²) in [5.74, 6) is -0.874. The lowest BCUT2D eigenvalue weighted by molar-refractivity contribution is -0.160. The lowest BCUT2D eigenvalue weighted by Gasteiger charge is -2.39. The third-order valence-corrected chi connectivity index (χ3v) is 15.4. The second kappa shape index (κ2) is 26.4. The lowest BCUT2D eigenvalue weighted by atomic mass is 9.80. The van der Waals surface area contributed by atoms with Gasteiger partial charge in [0.05, 0.1) is 46.3 Å². The number of carbonyl (C=O) groups excluding carboxylic acids is 3. The summed E-state index contributed by atoms with van der Waals surface area (Å²) in [6.45, 7) is 12.7. The molecule has 0 aliphatic carbocycles. The molecule has 404 valence electrons. The molecule has 0 spiro atoms. The summed E-state index contributed by atoms with van der Waals surface area (Å²) in [5, 5.41) is 12.6. The number of anilines is 1. The zero-order valence-electron chi connectivity index (χ0n) is 44.1. The number of hydrogen-bond donors (Lipinski definition) is 3. The molecular weight excluding hydrogens is 990 g/mol. The number of H-pyrrole nitrogens is 1. The van der Waals surface area contributed by atoms with Gasteiger partial charge in [0.1, 0.15) is 55.0 Å². The number of amides is 1. The highest BCUT2D eigenvalue weighted by atomic mass is 31.2. The van der Waals surface area contributed by atoms with Gasteiger partial charge in [-0.2, -0.15) is 14.8 Å². The van der Waals surface area contributed by atoms with Gasteiger partial charge < -0.3 is 37.9 Å². The van der Waals surface area contributed by atoms with Gasteiger partial charge in [0, 0.05) is 38.3 Å². The van der Waals surface area contributed by atoms with Crippen LogP contribution in [0.5, 0.6) is 11.5 Å². The Balaban J connectivity index is 1.53. The Morgan fingerprint density at radius 3 is 2.07 bits per heavy atom. The van der Waals surface area contributed by atoms with Crippen LogP contribution in [0.3, 0.4) is 0 Å². The van der Waals surface area contributed by atoms with Gasteiger partial charge >= 0.3 is 19.8 Å². The minimum Gasteiger partial charge on any atom is -0.497 e. The first-order valence-electron chi connectivity index (χ1n) is 24.7. The van der Waals surface area contributed by atoms with E-state index < -0.39 is 80.2 Å². The standard InChI is InChI=1S/C53H68N7O14P/c1-33(2)49(63)57-52-56-48-45(50(64)58-52)55-31-59(48)51-47(70-32-68-27-25-43(72-37(8)62)29-69-36(7)61)46(74-75(65,28-14-26-54)60(34(3)4)35(5)6)44(73-51)30-71-53(38-15-12-11-13-16-38,39-17-21-41(66-9)22-18-39)40-19-23-42(67-10)24-20-40/h11-13,15-24,31,33-35,43-44,46-47,51,65H,14,25,27-30,32H2,1-10H3,(H-,56,57,58,63,64)/p+1/t43?,44-,46-,47-,51-,75?/m1/s1. The number of fused-ring (bicyclic) bond motifs is 1. The Morgan fingerprint density at radius 2 is 1.52 bits per heavy atom. The van der Waals surface area contributed by atoms with E-state index >= 15 is 0 Å². The summed E-state index contributed by atoms with van der Waals surface area (Å²) in [6, 6.07) is 26.3. The molecular formula is C53H69N7O14P+. The molecule has 2 aromatic heterocycles. The third kappa shape index (κ3) is 14.1. The number of esters is 2. The SMILES string of the molecule is COc1ccc(C(OC[C@H]2O[C@@H](n3cnc4c(=O)[nH]c(NC(=O)C(C)C)nc43)[C@H](OCOCCC(COC(C)=O)OC(C)=O)[C@@H]2O[P+](O)(CCC#N)N(C(C)C)C(C)C)(c2ccccc2)c2ccc(OC)cc2)cc1. The van der Waals surface area contributed by atoms with Gasteiger partial charge in [0.25, 0.3) is 5.56 Å². The van der Waals surface area contributed by atoms with Crippen molar-refractivity contribution in [2.75, 3.05) is 52.3 Å². The molecule has 75 heavy (non-hydrogen) atoms. The Morgan fingerprint density at radius 1 is 0.907 bits per heavy atom. The van der Waals surface area contributed by atoms with Crippen LogP contribution in [-0.4, -0.2) is 130 Å². The van der Waals surface area contributed by atoms with Crippen molar-refractivity contribution in [3.63, 3.8) is 0 Å². The molecule has 22 heteroatoms. The fourth-order valence-corrected chi connectivity index (χ4v) is 12.0. The molecule has 6 rings (SSSR count). The highest BCUT2D eigenvalue weighted by Crippen LogP contribution is 2.64. The molecule has 0 radical (unpaired) electrons. The number of imidazole rings is 1. The number of aromatic amines is 1. The maximum atomic E-state index is 13.6. The van der Waals surface area contributed by atoms with Gasteiger partial charge in [-0.25, -0.2) is 9.88 Å². The van der Waals surface area contributed by atoms with Crippen LogP contribution in [0, 0.1) is 17.2 Å². The lowest BCUT2D eigenvalue weighted by Crippen LogP contribution is -2.45. The van der Waals surface area contributed by atoms with E-state index in [0.29, 0.717) is 11.5 Å². The Bertz CT molecular complexity index is 2710. The second-order valence-corrected chi connectivity index (χ2v) is 21.1. The smallest absolute Gasteiger partial charge is 0.347 e. The van der Waals surface area contributed by atoms with Crippen LogP contribution in [-0.2, 0) is 52.9 Å². The van der Waals surface area contributed by atoms with E-state index in [1.165, 1.54) is 24.7 Å². The van der Waals surface area contributed by atoms with E-state index in [2.05, 4.69) is 26.3 Å². The molecule has 1 fully saturated rings. The van der Waals surface area contributed by atoms with Crippen LogP contribution in [0.15, 0.2) is 90.0 Å². The van der Waals surface area contributed by atoms with Crippen molar-refractivity contribution in [3.8, 4) is 17.6 Å². The molecule has 21 nitrogen and oxygen atoms in total. The topological polar surface area (TPSA) is 257 Å². The van der Waals surface area contributed by atoms with Gasteiger partial charge in [-0.15, -0.1) is 4.67 Å². The summed E-state index contributed by atoms with van der Waals surface area (Å²) in [4.78, 5) is 74.9. The van der Waals surface area contributed by atoms with E-state index in [0.717, 1.165) is 16.7 Å². The van der Waals surface area contributed by atoms with E-state index in [9.17, 15) is 29.3 Å². The fourth-order valence-electron chi connectivity index (χ4n) is 9.04. The normalized spacial score (nSPS) is 18.0. The highest BCUT2D eigenvalue weighted by Gasteiger charge is 2.59. The van der Waals surface area contributed by atoms with Crippen LogP contribution in [0.1, 0.15) is 91.1 Å². The zero-order chi connectivity index (χ0) is 54.5. The molecule has 1 saturated heterocycles. The molecule has 0 bridgehead atoms. The summed E-state index contributed by atoms with van der Waals surface area (Å²) < 4.78 is 59.4. The monoisotopic (exact) mass is 1060 g/mol. The summed E-state index contributed by atoms with van der Waals surface area (Å²) in [6.07, 6.45) is -4.27. The average Bonchev–Trinajstić information content (AvgIpc) is 3.95. The number of benzene rings is 3. The van der Waals surface area contributed by atoms with Gasteiger partial charge in [0.15, 0.2) is 23.5 Å². The van der Waals surface area contributed by atoms with Crippen molar-refractivity contribution in [2.45, 2.75) is 117 Å². The molecule has 6 atom stereocenters. The van der Waals surface area contributed by atoms with Crippen molar-refractivity contribution in [1.82, 2.24) is 24.2 Å². The molecule has 2 unspecified atom stereocenters. The molecule has 0 saturated carbocycles. The quantitative estimate of drug-likeness (QED) is 0.0156. The second-order valence-electron chi connectivity index (χ2n) is 18.7. The summed E-state index contributed by atoms with van der Waals surface area (Å²) in [5.41, 5.74) is 0.122. The van der Waals surface area contributed by atoms with Crippen molar-refractivity contribution in [1.29, 1.82) is 5.26 Å². The molecule has 1 amide bonds. The maximum absolute atomic E-state index is 13.6. The fraction of sp³-hybridized carbons (Fsp3) is 0.491. The first-order valence-corrected chi connectivity index (χ1v) is 26.5. The van der Waals surface area contributed by atoms with Crippen molar-refractivity contribution < 1.29 is 61.7 Å². The Hall–Kier alpha value is -6.34. The molecule has 3 N–H and O–H groups in total. The van der Waals surface area contributed by atoms with Crippen LogP contribution in [0.25, 0.3) is 11.2 Å². The Kier molecular flexibility index (Phi) is 20.4. The maximum Gasteiger partial charge on any atom is 0.347 e. The predicted octanol–water partition coefficient (Wildman–Crippen LogP) is 7.05. The number of ether oxygens (including phenoxy) is 8. The number of rotatable bonds is 27. The van der Waals surface area contributed by atoms with Crippen LogP contribution in [0.2, 0.25) is 0 Å². The third-order valence-electron chi connectivity index (χ3n) is 12.4. The van der Waals surface area contributed by atoms with Crippen LogP contribution in [0.4, 0.5) is 5.95 Å². The van der Waals surface area contributed by atoms with Crippen LogP contribution < -0.4 is 20.3 Å². The minimum atomic E-state index is -3.78. The largest absolute Gasteiger partial charge is 0.497 e. The number of hydrogen-bond acceptors (Lipinski definition) is 18. The predicted molar refractivity (Wildman–Crippen MR) is 278 cm³/mol. The summed E-state index contributed by atoms with van der Waals surface area (Å²) in [7, 11) is -0.608. The van der Waals surface area contributed by atoms with Gasteiger partial charge in [-0.05, 0) is 68.7 Å². The first-order chi connectivity index (χ1) is 35.8. The number of carbonyl (C=O) groups is 3. The molecule has 1 aliphatic heterocycles. The highest BCUT2D eigenvalue weighted by molar-refractivity contribution is 7.63. The van der Waals surface area contributed by atoms with Gasteiger partial charge in [-0.1, -0.05) is 68.4 Å². The zero-order valence-corrected chi connectivity index (χ0v) is 45.0. The Labute approximate surface area is 437 Å². The first kappa shape index (κ1) is 57.9. The molecule has 5 aromatic rings. The van der Waals surface area contributed by atoms with E-state index in [4.69, 9.17) is 42.4 Å². The van der Waals surface area contributed by atoms with Gasteiger partial charge in [0.2, 0.25) is 11.9 Å².